The molecule has 0 aliphatic carbocycles. The van der Waals surface area contributed by atoms with E-state index in [0.717, 1.165) is 26.7 Å². The molecule has 0 atom stereocenters. The molecule has 1 aromatic heterocycles. The Hall–Kier alpha value is -4.20. The van der Waals surface area contributed by atoms with E-state index < -0.39 is 46.8 Å². The van der Waals surface area contributed by atoms with E-state index in [4.69, 9.17) is 19.0 Å². The first-order valence-electron chi connectivity index (χ1n) is 13.4. The zero-order valence-corrected chi connectivity index (χ0v) is 26.8. The number of carboxylic acid groups (broad SMARTS) is 1. The van der Waals surface area contributed by atoms with Crippen molar-refractivity contribution in [3.63, 3.8) is 0 Å². The summed E-state index contributed by atoms with van der Waals surface area (Å²) in [7, 11) is 0. The summed E-state index contributed by atoms with van der Waals surface area (Å²) in [4.78, 5) is 62.5. The van der Waals surface area contributed by atoms with Crippen LogP contribution in [0.1, 0.15) is 73.6 Å². The van der Waals surface area contributed by atoms with Crippen LogP contribution in [0.2, 0.25) is 0 Å². The van der Waals surface area contributed by atoms with Crippen molar-refractivity contribution in [1.29, 1.82) is 0 Å². The Balaban J connectivity index is 2.38. The Morgan fingerprint density at radius 1 is 0.814 bits per heavy atom. The second kappa shape index (κ2) is 14.3. The Kier molecular flexibility index (Phi) is 11.7. The van der Waals surface area contributed by atoms with Gasteiger partial charge in [0, 0.05) is 11.9 Å². The monoisotopic (exact) mass is 620 g/mol. The van der Waals surface area contributed by atoms with Crippen LogP contribution in [0.25, 0.3) is 0 Å². The van der Waals surface area contributed by atoms with Gasteiger partial charge in [-0.3, -0.25) is 4.90 Å². The van der Waals surface area contributed by atoms with Crippen LogP contribution in [0.15, 0.2) is 40.9 Å². The molecule has 14 heteroatoms. The highest BCUT2D eigenvalue weighted by atomic mass is 32.1. The highest BCUT2D eigenvalue weighted by Gasteiger charge is 2.34. The van der Waals surface area contributed by atoms with Crippen molar-refractivity contribution in [1.82, 2.24) is 9.88 Å². The molecule has 0 aliphatic rings. The molecule has 0 unspecified atom stereocenters. The lowest BCUT2D eigenvalue weighted by molar-refractivity contribution is -0.129. The van der Waals surface area contributed by atoms with E-state index in [-0.39, 0.29) is 30.5 Å². The van der Waals surface area contributed by atoms with Crippen LogP contribution in [0.5, 0.6) is 0 Å². The SMILES string of the molecule is CC(C)(C)OC(=O)N(CCN(C(=O)OC(C)(C)C)c1nc(/C(=N/OCc2ccccc2)C(=O)O)cs1)C(=O)OC(C)(C)C. The van der Waals surface area contributed by atoms with Gasteiger partial charge in [0.1, 0.15) is 29.1 Å². The standard InChI is InChI=1S/C29H40N4O9S/c1-27(2,3)40-24(36)32(15-16-33(25(37)41-28(4,5)6)26(38)42-29(7,8)9)23-30-20(18-43-23)21(22(34)35)31-39-17-19-13-11-10-12-14-19/h10-14,18H,15-17H2,1-9H3,(H,34,35)/b31-21-. The minimum absolute atomic E-state index is 0.0316. The van der Waals surface area contributed by atoms with E-state index in [9.17, 15) is 24.3 Å². The molecule has 0 aliphatic heterocycles. The summed E-state index contributed by atoms with van der Waals surface area (Å²) >= 11 is 0.939. The summed E-state index contributed by atoms with van der Waals surface area (Å²) < 4.78 is 16.3. The molecule has 2 rings (SSSR count). The van der Waals surface area contributed by atoms with Crippen LogP contribution in [0.3, 0.4) is 0 Å². The number of hydrogen-bond acceptors (Lipinski definition) is 11. The Morgan fingerprint density at radius 2 is 1.33 bits per heavy atom. The molecular weight excluding hydrogens is 580 g/mol. The maximum absolute atomic E-state index is 13.3. The fourth-order valence-corrected chi connectivity index (χ4v) is 3.94. The van der Waals surface area contributed by atoms with Crippen molar-refractivity contribution < 1.29 is 43.3 Å². The number of amides is 3. The maximum Gasteiger partial charge on any atom is 0.419 e. The van der Waals surface area contributed by atoms with E-state index >= 15 is 0 Å². The molecule has 0 radical (unpaired) electrons. The summed E-state index contributed by atoms with van der Waals surface area (Å²) in [5.41, 5.74) is -2.49. The van der Waals surface area contributed by atoms with E-state index in [1.165, 1.54) is 5.38 Å². The molecule has 1 N–H and O–H groups in total. The number of thiazole rings is 1. The molecule has 0 fully saturated rings. The number of oxime groups is 1. The first kappa shape index (κ1) is 35.0. The van der Waals surface area contributed by atoms with Gasteiger partial charge in [0.05, 0.1) is 6.54 Å². The second-order valence-electron chi connectivity index (χ2n) is 12.3. The molecule has 0 saturated heterocycles. The number of anilines is 1. The highest BCUT2D eigenvalue weighted by Crippen LogP contribution is 2.24. The third kappa shape index (κ3) is 12.3. The molecule has 1 aromatic carbocycles. The van der Waals surface area contributed by atoms with Crippen molar-refractivity contribution in [2.75, 3.05) is 18.0 Å². The van der Waals surface area contributed by atoms with Crippen LogP contribution in [-0.2, 0) is 30.4 Å². The number of ether oxygens (including phenoxy) is 3. The first-order valence-corrected chi connectivity index (χ1v) is 14.3. The molecule has 1 heterocycles. The number of nitrogens with zero attached hydrogens (tertiary/aromatic N) is 4. The van der Waals surface area contributed by atoms with E-state index in [1.807, 2.05) is 18.2 Å². The van der Waals surface area contributed by atoms with Crippen LogP contribution in [-0.4, -0.2) is 74.8 Å². The van der Waals surface area contributed by atoms with Crippen molar-refractivity contribution in [2.24, 2.45) is 5.16 Å². The van der Waals surface area contributed by atoms with Gasteiger partial charge in [-0.15, -0.1) is 11.3 Å². The van der Waals surface area contributed by atoms with Gasteiger partial charge in [-0.25, -0.2) is 29.1 Å². The van der Waals surface area contributed by atoms with Gasteiger partial charge in [0.25, 0.3) is 0 Å². The molecule has 0 bridgehead atoms. The number of aromatic nitrogens is 1. The summed E-state index contributed by atoms with van der Waals surface area (Å²) in [5.74, 6) is -1.39. The highest BCUT2D eigenvalue weighted by molar-refractivity contribution is 7.14. The zero-order chi connectivity index (χ0) is 32.6. The third-order valence-electron chi connectivity index (χ3n) is 4.79. The Morgan fingerprint density at radius 3 is 1.81 bits per heavy atom. The molecule has 236 valence electrons. The second-order valence-corrected chi connectivity index (χ2v) is 13.1. The van der Waals surface area contributed by atoms with Gasteiger partial charge in [-0.1, -0.05) is 35.5 Å². The topological polar surface area (TPSA) is 157 Å². The first-order chi connectivity index (χ1) is 19.8. The third-order valence-corrected chi connectivity index (χ3v) is 5.65. The van der Waals surface area contributed by atoms with E-state index in [1.54, 1.807) is 74.4 Å². The van der Waals surface area contributed by atoms with Gasteiger partial charge in [-0.2, -0.15) is 0 Å². The van der Waals surface area contributed by atoms with E-state index in [0.29, 0.717) is 0 Å². The zero-order valence-electron chi connectivity index (χ0n) is 26.0. The molecule has 13 nitrogen and oxygen atoms in total. The van der Waals surface area contributed by atoms with Gasteiger partial charge in [0.2, 0.25) is 5.71 Å². The number of carbonyl (C=O) groups excluding carboxylic acids is 3. The van der Waals surface area contributed by atoms with Crippen LogP contribution < -0.4 is 4.90 Å². The number of carbonyl (C=O) groups is 4. The Bertz CT molecular complexity index is 1280. The van der Waals surface area contributed by atoms with Crippen molar-refractivity contribution in [2.45, 2.75) is 85.7 Å². The molecular formula is C29H40N4O9S. The largest absolute Gasteiger partial charge is 0.476 e. The van der Waals surface area contributed by atoms with Crippen molar-refractivity contribution in [3.8, 4) is 0 Å². The predicted octanol–water partition coefficient (Wildman–Crippen LogP) is 6.06. The quantitative estimate of drug-likeness (QED) is 0.198. The lowest BCUT2D eigenvalue weighted by Gasteiger charge is -2.30. The minimum atomic E-state index is -1.39. The van der Waals surface area contributed by atoms with Gasteiger partial charge in [0.15, 0.2) is 5.13 Å². The van der Waals surface area contributed by atoms with Gasteiger partial charge < -0.3 is 24.2 Å². The summed E-state index contributed by atoms with van der Waals surface area (Å²) in [6.07, 6.45) is -2.78. The smallest absolute Gasteiger partial charge is 0.419 e. The average molecular weight is 621 g/mol. The fourth-order valence-electron chi connectivity index (χ4n) is 3.11. The van der Waals surface area contributed by atoms with Crippen molar-refractivity contribution in [3.05, 3.63) is 47.0 Å². The summed E-state index contributed by atoms with van der Waals surface area (Å²) in [6, 6.07) is 9.06. The number of rotatable bonds is 9. The van der Waals surface area contributed by atoms with Gasteiger partial charge >= 0.3 is 24.2 Å². The summed E-state index contributed by atoms with van der Waals surface area (Å²) in [6.45, 7) is 14.3. The van der Waals surface area contributed by atoms with Gasteiger partial charge in [-0.05, 0) is 67.9 Å². The van der Waals surface area contributed by atoms with Crippen LogP contribution in [0.4, 0.5) is 19.5 Å². The van der Waals surface area contributed by atoms with Crippen LogP contribution in [0, 0.1) is 0 Å². The molecule has 0 saturated carbocycles. The molecule has 2 aromatic rings. The molecule has 3 amide bonds. The molecule has 0 spiro atoms. The molecule has 43 heavy (non-hydrogen) atoms. The minimum Gasteiger partial charge on any atom is -0.476 e. The lowest BCUT2D eigenvalue weighted by Crippen LogP contribution is -2.48. The fraction of sp³-hybridized carbons (Fsp3) is 0.517. The average Bonchev–Trinajstić information content (AvgIpc) is 3.30. The summed E-state index contributed by atoms with van der Waals surface area (Å²) in [5, 5.41) is 14.9. The van der Waals surface area contributed by atoms with E-state index in [2.05, 4.69) is 10.1 Å². The Labute approximate surface area is 255 Å². The number of hydrogen-bond donors (Lipinski definition) is 1. The van der Waals surface area contributed by atoms with Crippen molar-refractivity contribution >= 4 is 46.4 Å². The predicted molar refractivity (Wildman–Crippen MR) is 160 cm³/mol. The van der Waals surface area contributed by atoms with Crippen LogP contribution >= 0.6 is 11.3 Å². The number of aliphatic carboxylic acids is 1. The number of carboxylic acids is 1. The lowest BCUT2D eigenvalue weighted by atomic mass is 10.2. The number of benzene rings is 1. The maximum atomic E-state index is 13.3. The normalized spacial score (nSPS) is 12.3. The number of imide groups is 1.